The van der Waals surface area contributed by atoms with E-state index in [-0.39, 0.29) is 44.0 Å². The highest BCUT2D eigenvalue weighted by molar-refractivity contribution is 5.71. The molecule has 6 nitrogen and oxygen atoms in total. The fraction of sp³-hybridized carbons (Fsp3) is 0.623. The van der Waals surface area contributed by atoms with Crippen LogP contribution in [0.1, 0.15) is 226 Å². The van der Waals surface area contributed by atoms with Crippen molar-refractivity contribution in [3.05, 3.63) is 122 Å². The van der Waals surface area contributed by atoms with Crippen molar-refractivity contribution >= 4 is 17.9 Å². The molecule has 0 spiro atoms. The molecule has 0 bridgehead atoms. The Kier molecular flexibility index (Phi) is 51.0. The summed E-state index contributed by atoms with van der Waals surface area (Å²) in [6.07, 6.45) is 74.7. The zero-order chi connectivity index (χ0) is 48.6. The molecule has 0 aromatic carbocycles. The molecule has 0 unspecified atom stereocenters. The van der Waals surface area contributed by atoms with Crippen LogP contribution in [0.25, 0.3) is 0 Å². The number of hydrogen-bond acceptors (Lipinski definition) is 6. The summed E-state index contributed by atoms with van der Waals surface area (Å²) in [6.45, 7) is 6.37. The lowest BCUT2D eigenvalue weighted by atomic mass is 10.1. The highest BCUT2D eigenvalue weighted by Gasteiger charge is 2.19. The Morgan fingerprint density at radius 1 is 0.313 bits per heavy atom. The third kappa shape index (κ3) is 52.6. The summed E-state index contributed by atoms with van der Waals surface area (Å²) in [4.78, 5) is 38.0. The predicted molar refractivity (Wildman–Crippen MR) is 288 cm³/mol. The number of esters is 3. The van der Waals surface area contributed by atoms with Crippen LogP contribution in [0.2, 0.25) is 0 Å². The van der Waals surface area contributed by atoms with Gasteiger partial charge in [0.05, 0.1) is 0 Å². The molecule has 0 fully saturated rings. The maximum Gasteiger partial charge on any atom is 0.306 e. The van der Waals surface area contributed by atoms with Crippen LogP contribution in [0, 0.1) is 0 Å². The molecule has 0 rings (SSSR count). The third-order valence-electron chi connectivity index (χ3n) is 10.9. The van der Waals surface area contributed by atoms with Gasteiger partial charge in [-0.3, -0.25) is 14.4 Å². The molecule has 0 saturated carbocycles. The lowest BCUT2D eigenvalue weighted by Crippen LogP contribution is -2.30. The van der Waals surface area contributed by atoms with Crippen molar-refractivity contribution < 1.29 is 28.6 Å². The molecule has 0 radical (unpaired) electrons. The largest absolute Gasteiger partial charge is 0.462 e. The minimum atomic E-state index is -0.825. The SMILES string of the molecule is CCC=CCC=CCC=CCC=CCC=CCC=CCCC(=O)OC[C@@H](COC(=O)CCCCCCCC=CCC=CCCCCC)OC(=O)CCCCCCCC=CCC=CCCCCC. The highest BCUT2D eigenvalue weighted by Crippen LogP contribution is 2.12. The van der Waals surface area contributed by atoms with Crippen molar-refractivity contribution in [1.82, 2.24) is 0 Å². The van der Waals surface area contributed by atoms with Crippen molar-refractivity contribution in [2.24, 2.45) is 0 Å². The number of hydrogen-bond donors (Lipinski definition) is 0. The number of carbonyl (C=O) groups is 3. The summed E-state index contributed by atoms with van der Waals surface area (Å²) < 4.78 is 16.7. The second-order valence-electron chi connectivity index (χ2n) is 17.4. The fourth-order valence-electron chi connectivity index (χ4n) is 6.88. The summed E-state index contributed by atoms with van der Waals surface area (Å²) >= 11 is 0. The molecular weight excluding hydrogens is 829 g/mol. The van der Waals surface area contributed by atoms with Crippen molar-refractivity contribution in [2.45, 2.75) is 232 Å². The maximum absolute atomic E-state index is 12.8. The molecule has 0 amide bonds. The molecule has 67 heavy (non-hydrogen) atoms. The Balaban J connectivity index is 4.57. The fourth-order valence-corrected chi connectivity index (χ4v) is 6.88. The van der Waals surface area contributed by atoms with Crippen molar-refractivity contribution in [3.63, 3.8) is 0 Å². The number of rotatable bonds is 47. The van der Waals surface area contributed by atoms with E-state index in [4.69, 9.17) is 14.2 Å². The lowest BCUT2D eigenvalue weighted by Gasteiger charge is -2.18. The zero-order valence-corrected chi connectivity index (χ0v) is 43.1. The summed E-state index contributed by atoms with van der Waals surface area (Å²) in [5.74, 6) is -1.04. The number of unbranched alkanes of at least 4 members (excludes halogenated alkanes) is 16. The molecular formula is C61H98O6. The van der Waals surface area contributed by atoms with Gasteiger partial charge >= 0.3 is 17.9 Å². The average Bonchev–Trinajstić information content (AvgIpc) is 3.33. The van der Waals surface area contributed by atoms with Crippen LogP contribution in [-0.2, 0) is 28.6 Å². The third-order valence-corrected chi connectivity index (χ3v) is 10.9. The summed E-state index contributed by atoms with van der Waals surface area (Å²) in [5, 5.41) is 0. The Labute approximate surface area is 412 Å². The maximum atomic E-state index is 12.8. The van der Waals surface area contributed by atoms with Gasteiger partial charge in [-0.25, -0.2) is 0 Å². The van der Waals surface area contributed by atoms with Crippen LogP contribution >= 0.6 is 0 Å². The number of allylic oxidation sites excluding steroid dienone is 20. The van der Waals surface area contributed by atoms with Crippen molar-refractivity contribution in [3.8, 4) is 0 Å². The van der Waals surface area contributed by atoms with Crippen molar-refractivity contribution in [2.75, 3.05) is 13.2 Å². The normalized spacial score (nSPS) is 13.1. The van der Waals surface area contributed by atoms with Crippen LogP contribution in [0.3, 0.4) is 0 Å². The predicted octanol–water partition coefficient (Wildman–Crippen LogP) is 18.1. The van der Waals surface area contributed by atoms with Crippen molar-refractivity contribution in [1.29, 1.82) is 0 Å². The van der Waals surface area contributed by atoms with Gasteiger partial charge in [0.1, 0.15) is 13.2 Å². The van der Waals surface area contributed by atoms with Crippen LogP contribution in [0.15, 0.2) is 122 Å². The van der Waals surface area contributed by atoms with Crippen LogP contribution in [0.5, 0.6) is 0 Å². The summed E-state index contributed by atoms with van der Waals surface area (Å²) in [6, 6.07) is 0. The lowest BCUT2D eigenvalue weighted by molar-refractivity contribution is -0.166. The zero-order valence-electron chi connectivity index (χ0n) is 43.1. The average molecular weight is 927 g/mol. The molecule has 0 saturated heterocycles. The van der Waals surface area contributed by atoms with E-state index in [1.165, 1.54) is 51.4 Å². The summed E-state index contributed by atoms with van der Waals surface area (Å²) in [5.41, 5.74) is 0. The first-order chi connectivity index (χ1) is 33.0. The van der Waals surface area contributed by atoms with Gasteiger partial charge < -0.3 is 14.2 Å². The highest BCUT2D eigenvalue weighted by atomic mass is 16.6. The van der Waals surface area contributed by atoms with E-state index in [9.17, 15) is 14.4 Å². The smallest absolute Gasteiger partial charge is 0.306 e. The molecule has 0 aromatic heterocycles. The van der Waals surface area contributed by atoms with Gasteiger partial charge in [0.15, 0.2) is 6.10 Å². The van der Waals surface area contributed by atoms with E-state index >= 15 is 0 Å². The van der Waals surface area contributed by atoms with Crippen LogP contribution in [0.4, 0.5) is 0 Å². The number of carbonyl (C=O) groups excluding carboxylic acids is 3. The molecule has 378 valence electrons. The first-order valence-electron chi connectivity index (χ1n) is 27.0. The topological polar surface area (TPSA) is 78.9 Å². The molecule has 1 atom stereocenters. The van der Waals surface area contributed by atoms with Crippen LogP contribution in [-0.4, -0.2) is 37.2 Å². The molecule has 0 N–H and O–H groups in total. The van der Waals surface area contributed by atoms with Gasteiger partial charge in [-0.05, 0) is 122 Å². The van der Waals surface area contributed by atoms with E-state index in [1.807, 2.05) is 12.2 Å². The summed E-state index contributed by atoms with van der Waals surface area (Å²) in [7, 11) is 0. The van der Waals surface area contributed by atoms with E-state index < -0.39 is 6.10 Å². The van der Waals surface area contributed by atoms with Gasteiger partial charge in [0.2, 0.25) is 0 Å². The molecule has 6 heteroatoms. The second-order valence-corrected chi connectivity index (χ2v) is 17.4. The van der Waals surface area contributed by atoms with Gasteiger partial charge in [0.25, 0.3) is 0 Å². The second kappa shape index (κ2) is 54.4. The van der Waals surface area contributed by atoms with Gasteiger partial charge in [0, 0.05) is 19.3 Å². The Morgan fingerprint density at radius 3 is 1.00 bits per heavy atom. The Morgan fingerprint density at radius 2 is 0.612 bits per heavy atom. The minimum absolute atomic E-state index is 0.118. The first kappa shape index (κ1) is 62.8. The van der Waals surface area contributed by atoms with E-state index in [0.29, 0.717) is 12.8 Å². The Hall–Kier alpha value is -4.19. The van der Waals surface area contributed by atoms with Crippen LogP contribution < -0.4 is 0 Å². The standard InChI is InChI=1S/C61H98O6/c1-4-7-10-13-16-19-22-25-28-29-30-31-34-36-39-42-45-48-51-54-60(63)66-57-58(67-61(64)55-52-49-46-43-40-37-33-27-24-21-18-15-12-9-6-3)56-65-59(62)53-50-47-44-41-38-35-32-26-23-20-17-14-11-8-5-2/h7,10,16-21,25-28,30-33,36,39,45,48,58H,4-6,8-9,11-15,22-24,29,34-35,37-38,40-44,46-47,49-57H2,1-3H3/t58-/m1/s1. The molecule has 0 aromatic rings. The molecule has 0 aliphatic carbocycles. The number of ether oxygens (including phenoxy) is 3. The van der Waals surface area contributed by atoms with E-state index in [0.717, 1.165) is 128 Å². The first-order valence-corrected chi connectivity index (χ1v) is 27.0. The van der Waals surface area contributed by atoms with E-state index in [1.54, 1.807) is 0 Å². The monoisotopic (exact) mass is 927 g/mol. The van der Waals surface area contributed by atoms with Gasteiger partial charge in [-0.1, -0.05) is 206 Å². The van der Waals surface area contributed by atoms with Gasteiger partial charge in [-0.2, -0.15) is 0 Å². The van der Waals surface area contributed by atoms with Gasteiger partial charge in [-0.15, -0.1) is 0 Å². The Bertz CT molecular complexity index is 1440. The molecule has 0 aliphatic heterocycles. The molecule has 0 aliphatic rings. The molecule has 0 heterocycles. The van der Waals surface area contributed by atoms with E-state index in [2.05, 4.69) is 130 Å². The minimum Gasteiger partial charge on any atom is -0.462 e. The quantitative estimate of drug-likeness (QED) is 0.0262.